The standard InChI is InChI=1S/C12H9ClN4O3/c13-6-1-3-7(4-2-6)20-5-8-14-9-10(15-8)16-12(19)17-11(9)18/h1-4H,5H2,(H3,14,15,16,17,18,19). The van der Waals surface area contributed by atoms with E-state index in [2.05, 4.69) is 19.9 Å². The molecule has 0 fully saturated rings. The minimum absolute atomic E-state index is 0.137. The monoisotopic (exact) mass is 292 g/mol. The fraction of sp³-hybridized carbons (Fsp3) is 0.0833. The molecule has 0 bridgehead atoms. The maximum atomic E-state index is 11.5. The number of halogens is 1. The summed E-state index contributed by atoms with van der Waals surface area (Å²) in [4.78, 5) is 34.1. The number of H-pyrrole nitrogens is 3. The smallest absolute Gasteiger partial charge is 0.327 e. The number of imidazole rings is 1. The number of ether oxygens (including phenoxy) is 1. The lowest BCUT2D eigenvalue weighted by Gasteiger charge is -2.03. The van der Waals surface area contributed by atoms with Crippen LogP contribution in [-0.2, 0) is 6.61 Å². The van der Waals surface area contributed by atoms with Crippen LogP contribution >= 0.6 is 11.6 Å². The molecule has 7 nitrogen and oxygen atoms in total. The number of aromatic nitrogens is 4. The van der Waals surface area contributed by atoms with Crippen molar-refractivity contribution in [1.29, 1.82) is 0 Å². The van der Waals surface area contributed by atoms with Gasteiger partial charge < -0.3 is 9.72 Å². The molecule has 0 spiro atoms. The Labute approximate surface area is 116 Å². The first-order chi connectivity index (χ1) is 9.61. The average molecular weight is 293 g/mol. The van der Waals surface area contributed by atoms with Crippen LogP contribution in [0.3, 0.4) is 0 Å². The van der Waals surface area contributed by atoms with E-state index in [1.54, 1.807) is 24.3 Å². The summed E-state index contributed by atoms with van der Waals surface area (Å²) in [7, 11) is 0. The first kappa shape index (κ1) is 12.5. The van der Waals surface area contributed by atoms with Crippen molar-refractivity contribution in [3.05, 3.63) is 56.0 Å². The number of hydrogen-bond donors (Lipinski definition) is 3. The molecule has 0 aliphatic heterocycles. The van der Waals surface area contributed by atoms with E-state index in [1.807, 2.05) is 0 Å². The molecule has 0 atom stereocenters. The van der Waals surface area contributed by atoms with Gasteiger partial charge in [0, 0.05) is 5.02 Å². The second-order valence-electron chi connectivity index (χ2n) is 4.06. The lowest BCUT2D eigenvalue weighted by Crippen LogP contribution is -2.21. The van der Waals surface area contributed by atoms with Crippen LogP contribution in [0.2, 0.25) is 5.02 Å². The zero-order valence-corrected chi connectivity index (χ0v) is 10.8. The van der Waals surface area contributed by atoms with Crippen LogP contribution in [0.15, 0.2) is 33.9 Å². The Morgan fingerprint density at radius 2 is 1.85 bits per heavy atom. The highest BCUT2D eigenvalue weighted by Gasteiger charge is 2.08. The Morgan fingerprint density at radius 1 is 1.10 bits per heavy atom. The lowest BCUT2D eigenvalue weighted by atomic mass is 10.3. The average Bonchev–Trinajstić information content (AvgIpc) is 2.81. The lowest BCUT2D eigenvalue weighted by molar-refractivity contribution is 0.297. The normalized spacial score (nSPS) is 10.8. The molecule has 0 saturated carbocycles. The van der Waals surface area contributed by atoms with E-state index in [0.29, 0.717) is 16.6 Å². The van der Waals surface area contributed by atoms with Crippen LogP contribution in [0.1, 0.15) is 5.82 Å². The number of rotatable bonds is 3. The number of fused-ring (bicyclic) bond motifs is 1. The third kappa shape index (κ3) is 2.43. The Morgan fingerprint density at radius 3 is 2.60 bits per heavy atom. The fourth-order valence-corrected chi connectivity index (χ4v) is 1.86. The zero-order chi connectivity index (χ0) is 14.1. The van der Waals surface area contributed by atoms with Crippen molar-refractivity contribution in [2.24, 2.45) is 0 Å². The Bertz CT molecular complexity index is 863. The van der Waals surface area contributed by atoms with Gasteiger partial charge in [0.05, 0.1) is 0 Å². The van der Waals surface area contributed by atoms with Gasteiger partial charge in [0.1, 0.15) is 23.7 Å². The Balaban J connectivity index is 1.84. The van der Waals surface area contributed by atoms with Crippen molar-refractivity contribution in [1.82, 2.24) is 19.9 Å². The molecule has 3 aromatic rings. The molecule has 1 aromatic carbocycles. The molecule has 2 aromatic heterocycles. The summed E-state index contributed by atoms with van der Waals surface area (Å²) in [6, 6.07) is 6.86. The minimum Gasteiger partial charge on any atom is -0.486 e. The van der Waals surface area contributed by atoms with Crippen LogP contribution in [0.4, 0.5) is 0 Å². The summed E-state index contributed by atoms with van der Waals surface area (Å²) in [6.45, 7) is 0.137. The first-order valence-corrected chi connectivity index (χ1v) is 6.09. The number of hydrogen-bond acceptors (Lipinski definition) is 4. The maximum absolute atomic E-state index is 11.5. The number of nitrogens with one attached hydrogen (secondary N) is 3. The molecule has 0 unspecified atom stereocenters. The molecule has 3 rings (SSSR count). The van der Waals surface area contributed by atoms with Gasteiger partial charge in [-0.1, -0.05) is 11.6 Å². The van der Waals surface area contributed by atoms with E-state index in [9.17, 15) is 9.59 Å². The van der Waals surface area contributed by atoms with Gasteiger partial charge in [-0.25, -0.2) is 9.78 Å². The van der Waals surface area contributed by atoms with Gasteiger partial charge in [0.25, 0.3) is 5.56 Å². The molecule has 102 valence electrons. The highest BCUT2D eigenvalue weighted by atomic mass is 35.5. The van der Waals surface area contributed by atoms with Gasteiger partial charge >= 0.3 is 5.69 Å². The van der Waals surface area contributed by atoms with Gasteiger partial charge in [-0.15, -0.1) is 0 Å². The predicted molar refractivity (Wildman–Crippen MR) is 73.1 cm³/mol. The van der Waals surface area contributed by atoms with E-state index < -0.39 is 11.2 Å². The molecule has 3 N–H and O–H groups in total. The molecule has 0 aliphatic carbocycles. The minimum atomic E-state index is -0.598. The van der Waals surface area contributed by atoms with E-state index >= 15 is 0 Å². The van der Waals surface area contributed by atoms with Crippen molar-refractivity contribution in [3.8, 4) is 5.75 Å². The van der Waals surface area contributed by atoms with Gasteiger partial charge in [0.15, 0.2) is 5.65 Å². The third-order valence-corrected chi connectivity index (χ3v) is 2.88. The second kappa shape index (κ2) is 4.86. The van der Waals surface area contributed by atoms with Crippen molar-refractivity contribution in [2.75, 3.05) is 0 Å². The van der Waals surface area contributed by atoms with Crippen molar-refractivity contribution in [3.63, 3.8) is 0 Å². The molecule has 2 heterocycles. The van der Waals surface area contributed by atoms with Gasteiger partial charge in [-0.3, -0.25) is 14.8 Å². The van der Waals surface area contributed by atoms with Crippen molar-refractivity contribution >= 4 is 22.8 Å². The largest absolute Gasteiger partial charge is 0.486 e. The van der Waals surface area contributed by atoms with Crippen LogP contribution in [0, 0.1) is 0 Å². The summed E-state index contributed by atoms with van der Waals surface area (Å²) in [5.41, 5.74) is -0.707. The summed E-state index contributed by atoms with van der Waals surface area (Å²) in [5.74, 6) is 1.06. The van der Waals surface area contributed by atoms with Crippen LogP contribution in [-0.4, -0.2) is 19.9 Å². The van der Waals surface area contributed by atoms with E-state index in [-0.39, 0.29) is 17.8 Å². The zero-order valence-electron chi connectivity index (χ0n) is 10.1. The molecule has 0 amide bonds. The molecular formula is C12H9ClN4O3. The molecule has 20 heavy (non-hydrogen) atoms. The van der Waals surface area contributed by atoms with E-state index in [1.165, 1.54) is 0 Å². The molecule has 0 aliphatic rings. The number of nitrogens with zero attached hydrogens (tertiary/aromatic N) is 1. The summed E-state index contributed by atoms with van der Waals surface area (Å²) in [5, 5.41) is 0.616. The fourth-order valence-electron chi connectivity index (χ4n) is 1.73. The maximum Gasteiger partial charge on any atom is 0.327 e. The van der Waals surface area contributed by atoms with Crippen LogP contribution in [0.25, 0.3) is 11.2 Å². The van der Waals surface area contributed by atoms with E-state index in [4.69, 9.17) is 16.3 Å². The molecular weight excluding hydrogens is 284 g/mol. The molecule has 8 heteroatoms. The highest BCUT2D eigenvalue weighted by Crippen LogP contribution is 2.16. The van der Waals surface area contributed by atoms with Crippen molar-refractivity contribution in [2.45, 2.75) is 6.61 Å². The van der Waals surface area contributed by atoms with Gasteiger partial charge in [-0.05, 0) is 24.3 Å². The number of benzene rings is 1. The second-order valence-corrected chi connectivity index (χ2v) is 4.49. The Kier molecular flexibility index (Phi) is 3.03. The SMILES string of the molecule is O=c1[nH]c(=O)c2[nH]c(COc3ccc(Cl)cc3)nc2[nH]1. The Hall–Kier alpha value is -2.54. The van der Waals surface area contributed by atoms with Crippen LogP contribution in [0.5, 0.6) is 5.75 Å². The number of aromatic amines is 3. The van der Waals surface area contributed by atoms with Gasteiger partial charge in [-0.2, -0.15) is 0 Å². The quantitative estimate of drug-likeness (QED) is 0.674. The highest BCUT2D eigenvalue weighted by molar-refractivity contribution is 6.30. The van der Waals surface area contributed by atoms with Crippen LogP contribution < -0.4 is 16.0 Å². The first-order valence-electron chi connectivity index (χ1n) is 5.71. The third-order valence-electron chi connectivity index (χ3n) is 2.63. The van der Waals surface area contributed by atoms with Crippen molar-refractivity contribution < 1.29 is 4.74 Å². The molecule has 0 saturated heterocycles. The summed E-state index contributed by atoms with van der Waals surface area (Å²) < 4.78 is 5.49. The van der Waals surface area contributed by atoms with E-state index in [0.717, 1.165) is 0 Å². The topological polar surface area (TPSA) is 104 Å². The van der Waals surface area contributed by atoms with Gasteiger partial charge in [0.2, 0.25) is 0 Å². The summed E-state index contributed by atoms with van der Waals surface area (Å²) in [6.07, 6.45) is 0. The summed E-state index contributed by atoms with van der Waals surface area (Å²) >= 11 is 5.77. The molecule has 0 radical (unpaired) electrons. The predicted octanol–water partition coefficient (Wildman–Crippen LogP) is 1.17.